The second kappa shape index (κ2) is 8.20. The van der Waals surface area contributed by atoms with Gasteiger partial charge in [0.15, 0.2) is 0 Å². The quantitative estimate of drug-likeness (QED) is 0.662. The maximum Gasteiger partial charge on any atom is 0.416 e. The molecule has 0 saturated carbocycles. The molecule has 0 fully saturated rings. The molecule has 0 aromatic rings. The standard InChI is InChI=1S/C15H23F3O/c1-5-7-14(15(16,17)18)12(6-2)10-13(19)9-8-11(3)4/h5-7,11,13,19H,1,8-10H2,2-4H3/b12-6-,14-7+. The summed E-state index contributed by atoms with van der Waals surface area (Å²) < 4.78 is 38.6. The molecule has 0 saturated heterocycles. The molecule has 0 bridgehead atoms. The summed E-state index contributed by atoms with van der Waals surface area (Å²) in [6.07, 6.45) is -0.377. The minimum Gasteiger partial charge on any atom is -0.393 e. The monoisotopic (exact) mass is 276 g/mol. The van der Waals surface area contributed by atoms with Crippen LogP contribution in [0.15, 0.2) is 36.0 Å². The van der Waals surface area contributed by atoms with Crippen molar-refractivity contribution in [3.63, 3.8) is 0 Å². The third-order valence-corrected chi connectivity index (χ3v) is 2.82. The lowest BCUT2D eigenvalue weighted by atomic mass is 9.95. The molecule has 0 rings (SSSR count). The zero-order valence-corrected chi connectivity index (χ0v) is 11.8. The van der Waals surface area contributed by atoms with Crippen molar-refractivity contribution in [2.75, 3.05) is 0 Å². The average Bonchev–Trinajstić information content (AvgIpc) is 2.29. The SMILES string of the molecule is C=C/C=C(\C(=C/C)CC(O)CCC(C)C)C(F)(F)F. The van der Waals surface area contributed by atoms with Gasteiger partial charge in [-0.1, -0.05) is 38.7 Å². The molecule has 1 N–H and O–H groups in total. The Kier molecular flexibility index (Phi) is 7.76. The Hall–Kier alpha value is -1.03. The highest BCUT2D eigenvalue weighted by Crippen LogP contribution is 2.33. The van der Waals surface area contributed by atoms with E-state index in [4.69, 9.17) is 0 Å². The summed E-state index contributed by atoms with van der Waals surface area (Å²) in [6.45, 7) is 8.88. The Balaban J connectivity index is 4.83. The summed E-state index contributed by atoms with van der Waals surface area (Å²) in [5.41, 5.74) is -0.614. The largest absolute Gasteiger partial charge is 0.416 e. The van der Waals surface area contributed by atoms with Gasteiger partial charge >= 0.3 is 6.18 Å². The van der Waals surface area contributed by atoms with Gasteiger partial charge in [0.05, 0.1) is 11.7 Å². The van der Waals surface area contributed by atoms with E-state index in [1.54, 1.807) is 6.92 Å². The van der Waals surface area contributed by atoms with E-state index < -0.39 is 17.9 Å². The van der Waals surface area contributed by atoms with E-state index in [0.29, 0.717) is 12.3 Å². The molecule has 4 heteroatoms. The van der Waals surface area contributed by atoms with Gasteiger partial charge in [-0.2, -0.15) is 13.2 Å². The van der Waals surface area contributed by atoms with Gasteiger partial charge in [-0.25, -0.2) is 0 Å². The van der Waals surface area contributed by atoms with Crippen molar-refractivity contribution in [3.05, 3.63) is 36.0 Å². The molecule has 0 radical (unpaired) electrons. The van der Waals surface area contributed by atoms with Crippen LogP contribution in [0.1, 0.15) is 40.0 Å². The van der Waals surface area contributed by atoms with E-state index >= 15 is 0 Å². The fourth-order valence-electron chi connectivity index (χ4n) is 1.77. The lowest BCUT2D eigenvalue weighted by Gasteiger charge is -2.18. The molecule has 1 unspecified atom stereocenters. The third kappa shape index (κ3) is 7.21. The van der Waals surface area contributed by atoms with Crippen LogP contribution in [0.2, 0.25) is 0 Å². The van der Waals surface area contributed by atoms with E-state index in [9.17, 15) is 18.3 Å². The average molecular weight is 276 g/mol. The molecule has 0 aliphatic rings. The lowest BCUT2D eigenvalue weighted by Crippen LogP contribution is -2.18. The molecule has 19 heavy (non-hydrogen) atoms. The molecule has 0 spiro atoms. The van der Waals surface area contributed by atoms with Crippen LogP contribution in [0.25, 0.3) is 0 Å². The molecule has 110 valence electrons. The summed E-state index contributed by atoms with van der Waals surface area (Å²) in [6, 6.07) is 0. The first kappa shape index (κ1) is 18.0. The molecule has 0 aromatic heterocycles. The molecule has 0 heterocycles. The number of hydrogen-bond donors (Lipinski definition) is 1. The first-order valence-corrected chi connectivity index (χ1v) is 6.45. The summed E-state index contributed by atoms with van der Waals surface area (Å²) in [4.78, 5) is 0. The van der Waals surface area contributed by atoms with E-state index in [-0.39, 0.29) is 12.0 Å². The highest BCUT2D eigenvalue weighted by molar-refractivity contribution is 5.37. The van der Waals surface area contributed by atoms with Gasteiger partial charge in [0, 0.05) is 0 Å². The minimum atomic E-state index is -4.42. The minimum absolute atomic E-state index is 0.0163. The van der Waals surface area contributed by atoms with Crippen molar-refractivity contribution in [2.45, 2.75) is 52.3 Å². The van der Waals surface area contributed by atoms with Crippen LogP contribution in [-0.2, 0) is 0 Å². The van der Waals surface area contributed by atoms with Crippen LogP contribution in [0.4, 0.5) is 13.2 Å². The molecule has 0 aliphatic carbocycles. The highest BCUT2D eigenvalue weighted by Gasteiger charge is 2.35. The number of hydrogen-bond acceptors (Lipinski definition) is 1. The Morgan fingerprint density at radius 2 is 1.84 bits per heavy atom. The number of rotatable bonds is 7. The number of allylic oxidation sites excluding steroid dienone is 4. The van der Waals surface area contributed by atoms with Crippen molar-refractivity contribution < 1.29 is 18.3 Å². The van der Waals surface area contributed by atoms with Crippen molar-refractivity contribution in [2.24, 2.45) is 5.92 Å². The van der Waals surface area contributed by atoms with Gasteiger partial charge < -0.3 is 5.11 Å². The fourth-order valence-corrected chi connectivity index (χ4v) is 1.77. The number of halogens is 3. The Bertz CT molecular complexity index is 338. The summed E-state index contributed by atoms with van der Waals surface area (Å²) >= 11 is 0. The first-order chi connectivity index (χ1) is 8.72. The Morgan fingerprint density at radius 1 is 1.26 bits per heavy atom. The molecule has 0 aromatic carbocycles. The van der Waals surface area contributed by atoms with Crippen LogP contribution in [-0.4, -0.2) is 17.4 Å². The molecular formula is C15H23F3O. The van der Waals surface area contributed by atoms with Gasteiger partial charge in [-0.3, -0.25) is 0 Å². The predicted molar refractivity (Wildman–Crippen MR) is 72.8 cm³/mol. The smallest absolute Gasteiger partial charge is 0.393 e. The molecular weight excluding hydrogens is 253 g/mol. The van der Waals surface area contributed by atoms with E-state index in [2.05, 4.69) is 6.58 Å². The molecule has 0 amide bonds. The summed E-state index contributed by atoms with van der Waals surface area (Å²) in [5.74, 6) is 0.425. The molecule has 1 atom stereocenters. The van der Waals surface area contributed by atoms with E-state index in [0.717, 1.165) is 18.6 Å². The summed E-state index contributed by atoms with van der Waals surface area (Å²) in [7, 11) is 0. The van der Waals surface area contributed by atoms with E-state index in [1.165, 1.54) is 6.08 Å². The second-order valence-corrected chi connectivity index (χ2v) is 4.96. The number of aliphatic hydroxyl groups is 1. The zero-order chi connectivity index (χ0) is 15.1. The third-order valence-electron chi connectivity index (χ3n) is 2.82. The van der Waals surface area contributed by atoms with Crippen LogP contribution >= 0.6 is 0 Å². The lowest BCUT2D eigenvalue weighted by molar-refractivity contribution is -0.0898. The van der Waals surface area contributed by atoms with Crippen molar-refractivity contribution in [1.82, 2.24) is 0 Å². The van der Waals surface area contributed by atoms with Crippen LogP contribution in [0.5, 0.6) is 0 Å². The maximum atomic E-state index is 12.9. The van der Waals surface area contributed by atoms with Crippen LogP contribution in [0.3, 0.4) is 0 Å². The summed E-state index contributed by atoms with van der Waals surface area (Å²) in [5, 5.41) is 9.82. The Morgan fingerprint density at radius 3 is 2.21 bits per heavy atom. The number of aliphatic hydroxyl groups excluding tert-OH is 1. The molecule has 1 nitrogen and oxygen atoms in total. The van der Waals surface area contributed by atoms with Crippen molar-refractivity contribution in [1.29, 1.82) is 0 Å². The van der Waals surface area contributed by atoms with Gasteiger partial charge in [-0.05, 0) is 37.7 Å². The maximum absolute atomic E-state index is 12.9. The van der Waals surface area contributed by atoms with Gasteiger partial charge in [0.25, 0.3) is 0 Å². The van der Waals surface area contributed by atoms with Gasteiger partial charge in [0.2, 0.25) is 0 Å². The highest BCUT2D eigenvalue weighted by atomic mass is 19.4. The topological polar surface area (TPSA) is 20.2 Å². The number of alkyl halides is 3. The normalized spacial score (nSPS) is 15.8. The van der Waals surface area contributed by atoms with Crippen molar-refractivity contribution in [3.8, 4) is 0 Å². The van der Waals surface area contributed by atoms with Crippen molar-refractivity contribution >= 4 is 0 Å². The van der Waals surface area contributed by atoms with Crippen LogP contribution in [0, 0.1) is 5.92 Å². The second-order valence-electron chi connectivity index (χ2n) is 4.96. The fraction of sp³-hybridized carbons (Fsp3) is 0.600. The predicted octanol–water partition coefficient (Wildman–Crippen LogP) is 4.79. The van der Waals surface area contributed by atoms with Gasteiger partial charge in [0.1, 0.15) is 0 Å². The van der Waals surface area contributed by atoms with Gasteiger partial charge in [-0.15, -0.1) is 0 Å². The first-order valence-electron chi connectivity index (χ1n) is 6.45. The van der Waals surface area contributed by atoms with Crippen LogP contribution < -0.4 is 0 Å². The Labute approximate surface area is 113 Å². The van der Waals surface area contributed by atoms with E-state index in [1.807, 2.05) is 13.8 Å². The molecule has 0 aliphatic heterocycles. The zero-order valence-electron chi connectivity index (χ0n) is 11.8.